The van der Waals surface area contributed by atoms with Gasteiger partial charge >= 0.3 is 0 Å². The minimum absolute atomic E-state index is 0.0678. The zero-order valence-corrected chi connectivity index (χ0v) is 15.5. The van der Waals surface area contributed by atoms with Crippen molar-refractivity contribution in [2.24, 2.45) is 27.7 Å². The maximum Gasteiger partial charge on any atom is 0.123 e. The van der Waals surface area contributed by atoms with Crippen LogP contribution in [0.1, 0.15) is 58.8 Å². The first-order valence-corrected chi connectivity index (χ1v) is 10.0. The molecule has 0 radical (unpaired) electrons. The number of fused-ring (bicyclic) bond motifs is 2. The van der Waals surface area contributed by atoms with Crippen molar-refractivity contribution in [3.05, 3.63) is 11.6 Å². The summed E-state index contributed by atoms with van der Waals surface area (Å²) in [7, 11) is 0. The highest BCUT2D eigenvalue weighted by Crippen LogP contribution is 2.45. The lowest BCUT2D eigenvalue weighted by Crippen LogP contribution is -2.45. The van der Waals surface area contributed by atoms with E-state index in [9.17, 15) is 4.39 Å². The van der Waals surface area contributed by atoms with Gasteiger partial charge < -0.3 is 0 Å². The van der Waals surface area contributed by atoms with Gasteiger partial charge in [0, 0.05) is 34.7 Å². The third kappa shape index (κ3) is 2.98. The molecule has 0 N–H and O–H groups in total. The fraction of sp³-hybridized carbons (Fsp3) is 0.800. The first kappa shape index (κ1) is 16.8. The molecule has 2 saturated carbocycles. The Morgan fingerprint density at radius 2 is 1.96 bits per heavy atom. The first-order valence-electron chi connectivity index (χ1n) is 9.58. The summed E-state index contributed by atoms with van der Waals surface area (Å²) in [5, 5.41) is 0.257. The molecule has 24 heavy (non-hydrogen) atoms. The molecule has 0 aromatic rings. The molecule has 2 nitrogen and oxygen atoms in total. The zero-order valence-electron chi connectivity index (χ0n) is 14.7. The molecule has 4 aliphatic rings. The summed E-state index contributed by atoms with van der Waals surface area (Å²) >= 11 is 6.69. The van der Waals surface area contributed by atoms with Gasteiger partial charge in [-0.05, 0) is 58.3 Å². The number of nitrogens with zero attached hydrogens (tertiary/aromatic N) is 2. The molecule has 4 heteroatoms. The summed E-state index contributed by atoms with van der Waals surface area (Å²) in [5.41, 5.74) is 2.28. The van der Waals surface area contributed by atoms with E-state index >= 15 is 0 Å². The normalized spacial score (nSPS) is 44.2. The molecular weight excluding hydrogens is 323 g/mol. The van der Waals surface area contributed by atoms with Gasteiger partial charge in [0.05, 0.1) is 11.6 Å². The molecule has 0 aromatic carbocycles. The smallest absolute Gasteiger partial charge is 0.123 e. The Morgan fingerprint density at radius 3 is 2.79 bits per heavy atom. The molecule has 132 valence electrons. The van der Waals surface area contributed by atoms with Crippen LogP contribution < -0.4 is 0 Å². The van der Waals surface area contributed by atoms with Gasteiger partial charge in [-0.25, -0.2) is 4.39 Å². The van der Waals surface area contributed by atoms with Crippen LogP contribution in [0, 0.1) is 17.8 Å². The second-order valence-electron chi connectivity index (χ2n) is 8.73. The van der Waals surface area contributed by atoms with Crippen LogP contribution in [0.2, 0.25) is 0 Å². The number of allylic oxidation sites excluding steroid dienone is 1. The van der Waals surface area contributed by atoms with Crippen molar-refractivity contribution < 1.29 is 4.39 Å². The van der Waals surface area contributed by atoms with Gasteiger partial charge in [-0.2, -0.15) is 0 Å². The largest absolute Gasteiger partial charge is 0.286 e. The van der Waals surface area contributed by atoms with Crippen LogP contribution in [0.4, 0.5) is 4.39 Å². The SMILES string of the molecule is CC1(C)CC2C(Cl)CCCC2C(C2=CC3CCCC(F)C3N=C2)=N1. The van der Waals surface area contributed by atoms with E-state index in [0.29, 0.717) is 18.3 Å². The topological polar surface area (TPSA) is 24.7 Å². The van der Waals surface area contributed by atoms with Gasteiger partial charge in [-0.3, -0.25) is 9.98 Å². The molecule has 0 bridgehead atoms. The summed E-state index contributed by atoms with van der Waals surface area (Å²) in [5.74, 6) is 1.21. The minimum Gasteiger partial charge on any atom is -0.286 e. The third-order valence-electron chi connectivity index (χ3n) is 6.39. The molecular formula is C20H28ClFN2. The lowest BCUT2D eigenvalue weighted by molar-refractivity contribution is 0.185. The second-order valence-corrected chi connectivity index (χ2v) is 9.29. The van der Waals surface area contributed by atoms with Crippen LogP contribution >= 0.6 is 11.6 Å². The van der Waals surface area contributed by atoms with E-state index in [1.807, 2.05) is 6.21 Å². The number of hydrogen-bond acceptors (Lipinski definition) is 2. The number of aliphatic imine (C=N–C) groups is 2. The highest BCUT2D eigenvalue weighted by Gasteiger charge is 2.44. The lowest BCUT2D eigenvalue weighted by Gasteiger charge is -2.45. The fourth-order valence-corrected chi connectivity index (χ4v) is 5.69. The van der Waals surface area contributed by atoms with Gasteiger partial charge in [-0.1, -0.05) is 12.5 Å². The van der Waals surface area contributed by atoms with Crippen molar-refractivity contribution in [1.82, 2.24) is 0 Å². The van der Waals surface area contributed by atoms with Crippen molar-refractivity contribution in [3.63, 3.8) is 0 Å². The van der Waals surface area contributed by atoms with Crippen LogP contribution in [0.15, 0.2) is 21.6 Å². The molecule has 2 aliphatic heterocycles. The van der Waals surface area contributed by atoms with Gasteiger partial charge in [0.2, 0.25) is 0 Å². The summed E-state index contributed by atoms with van der Waals surface area (Å²) in [4.78, 5) is 9.73. The summed E-state index contributed by atoms with van der Waals surface area (Å²) in [6.07, 6.45) is 10.6. The van der Waals surface area contributed by atoms with E-state index in [2.05, 4.69) is 24.9 Å². The van der Waals surface area contributed by atoms with Crippen LogP contribution in [-0.2, 0) is 0 Å². The number of halogens is 2. The lowest BCUT2D eigenvalue weighted by atomic mass is 9.67. The Balaban J connectivity index is 1.67. The number of alkyl halides is 2. The molecule has 0 saturated heterocycles. The monoisotopic (exact) mass is 350 g/mol. The molecule has 2 heterocycles. The third-order valence-corrected chi connectivity index (χ3v) is 6.93. The number of hydrogen-bond donors (Lipinski definition) is 0. The van der Waals surface area contributed by atoms with Crippen molar-refractivity contribution in [3.8, 4) is 0 Å². The van der Waals surface area contributed by atoms with Gasteiger partial charge in [0.15, 0.2) is 0 Å². The van der Waals surface area contributed by atoms with Crippen molar-refractivity contribution in [2.45, 2.75) is 81.9 Å². The standard InChI is InChI=1S/C20H28ClFN2/c1-20(2)10-15-14(6-4-7-16(15)21)18(24-20)13-9-12-5-3-8-17(22)19(12)23-11-13/h9,11-12,14-17,19H,3-8,10H2,1-2H3. The van der Waals surface area contributed by atoms with Crippen LogP contribution in [-0.4, -0.2) is 35.1 Å². The van der Waals surface area contributed by atoms with E-state index in [-0.39, 0.29) is 22.9 Å². The molecule has 6 atom stereocenters. The molecule has 2 fully saturated rings. The predicted octanol–water partition coefficient (Wildman–Crippen LogP) is 5.15. The average molecular weight is 351 g/mol. The molecule has 2 aliphatic carbocycles. The molecule has 4 rings (SSSR count). The average Bonchev–Trinajstić information content (AvgIpc) is 2.54. The second kappa shape index (κ2) is 6.23. The minimum atomic E-state index is -0.780. The Kier molecular flexibility index (Phi) is 4.35. The maximum atomic E-state index is 14.1. The van der Waals surface area contributed by atoms with Gasteiger partial charge in [-0.15, -0.1) is 11.6 Å². The van der Waals surface area contributed by atoms with Crippen LogP contribution in [0.5, 0.6) is 0 Å². The Hall–Kier alpha value is -0.700. The quantitative estimate of drug-likeness (QED) is 0.584. The number of dihydropyridines is 1. The van der Waals surface area contributed by atoms with Gasteiger partial charge in [0.25, 0.3) is 0 Å². The Labute approximate surface area is 149 Å². The van der Waals surface area contributed by atoms with Gasteiger partial charge in [0.1, 0.15) is 6.17 Å². The molecule has 0 spiro atoms. The summed E-state index contributed by atoms with van der Waals surface area (Å²) in [6.45, 7) is 4.42. The van der Waals surface area contributed by atoms with Crippen LogP contribution in [0.3, 0.4) is 0 Å². The summed E-state index contributed by atoms with van der Waals surface area (Å²) < 4.78 is 14.1. The van der Waals surface area contributed by atoms with E-state index in [0.717, 1.165) is 31.3 Å². The van der Waals surface area contributed by atoms with Crippen molar-refractivity contribution >= 4 is 23.5 Å². The fourth-order valence-electron chi connectivity index (χ4n) is 5.27. The van der Waals surface area contributed by atoms with Crippen LogP contribution in [0.25, 0.3) is 0 Å². The first-order chi connectivity index (χ1) is 11.4. The molecule has 0 amide bonds. The summed E-state index contributed by atoms with van der Waals surface area (Å²) in [6, 6.07) is -0.164. The highest BCUT2D eigenvalue weighted by molar-refractivity contribution is 6.22. The van der Waals surface area contributed by atoms with Crippen molar-refractivity contribution in [2.75, 3.05) is 0 Å². The maximum absolute atomic E-state index is 14.1. The Bertz CT molecular complexity index is 594. The highest BCUT2D eigenvalue weighted by atomic mass is 35.5. The number of rotatable bonds is 1. The molecule has 6 unspecified atom stereocenters. The Morgan fingerprint density at radius 1 is 1.17 bits per heavy atom. The predicted molar refractivity (Wildman–Crippen MR) is 99.2 cm³/mol. The van der Waals surface area contributed by atoms with E-state index in [4.69, 9.17) is 16.6 Å². The van der Waals surface area contributed by atoms with E-state index in [1.165, 1.54) is 18.6 Å². The van der Waals surface area contributed by atoms with E-state index < -0.39 is 6.17 Å². The van der Waals surface area contributed by atoms with Crippen molar-refractivity contribution in [1.29, 1.82) is 0 Å². The molecule has 0 aromatic heterocycles. The zero-order chi connectivity index (χ0) is 16.9. The van der Waals surface area contributed by atoms with E-state index in [1.54, 1.807) is 0 Å².